The van der Waals surface area contributed by atoms with E-state index in [1.807, 2.05) is 0 Å². The number of nitrogens with zero attached hydrogens (tertiary/aromatic N) is 4. The molecule has 0 aliphatic carbocycles. The first kappa shape index (κ1) is 13.8. The van der Waals surface area contributed by atoms with Gasteiger partial charge in [-0.05, 0) is 22.0 Å². The predicted octanol–water partition coefficient (Wildman–Crippen LogP) is 3.65. The molecule has 3 aromatic heterocycles. The van der Waals surface area contributed by atoms with Crippen LogP contribution in [0.5, 0.6) is 0 Å². The first-order chi connectivity index (χ1) is 9.95. The standard InChI is InChI=1S/C12H7BrF3N5/c13-9-6-19-11-10(18-1-2-21(9)11)20-8-3-7(4-17-5-8)12(14,15)16/h1-6H,(H,18,20). The van der Waals surface area contributed by atoms with Gasteiger partial charge in [0.1, 0.15) is 4.60 Å². The molecule has 21 heavy (non-hydrogen) atoms. The van der Waals surface area contributed by atoms with Gasteiger partial charge in [0.15, 0.2) is 11.5 Å². The van der Waals surface area contributed by atoms with Gasteiger partial charge in [0.25, 0.3) is 0 Å². The molecule has 3 heterocycles. The zero-order valence-corrected chi connectivity index (χ0v) is 11.9. The van der Waals surface area contributed by atoms with Crippen molar-refractivity contribution in [1.82, 2.24) is 19.4 Å². The Kier molecular flexibility index (Phi) is 3.28. The smallest absolute Gasteiger partial charge is 0.336 e. The lowest BCUT2D eigenvalue weighted by molar-refractivity contribution is -0.137. The minimum atomic E-state index is -4.44. The molecule has 0 radical (unpaired) electrons. The van der Waals surface area contributed by atoms with Gasteiger partial charge in [-0.1, -0.05) is 0 Å². The molecule has 0 atom stereocenters. The third-order valence-electron chi connectivity index (χ3n) is 2.71. The van der Waals surface area contributed by atoms with Crippen molar-refractivity contribution in [2.45, 2.75) is 6.18 Å². The Morgan fingerprint density at radius 2 is 1.95 bits per heavy atom. The van der Waals surface area contributed by atoms with E-state index in [0.717, 1.165) is 12.3 Å². The van der Waals surface area contributed by atoms with E-state index in [2.05, 4.69) is 36.2 Å². The van der Waals surface area contributed by atoms with Crippen LogP contribution in [0.2, 0.25) is 0 Å². The Labute approximate surface area is 125 Å². The molecule has 9 heteroatoms. The quantitative estimate of drug-likeness (QED) is 0.760. The second kappa shape index (κ2) is 4.99. The van der Waals surface area contributed by atoms with Crippen molar-refractivity contribution in [2.24, 2.45) is 0 Å². The summed E-state index contributed by atoms with van der Waals surface area (Å²) in [7, 11) is 0. The van der Waals surface area contributed by atoms with E-state index >= 15 is 0 Å². The molecule has 0 aliphatic heterocycles. The molecular formula is C12H7BrF3N5. The summed E-state index contributed by atoms with van der Waals surface area (Å²) in [6.07, 6.45) is 2.39. The number of rotatable bonds is 2. The van der Waals surface area contributed by atoms with Crippen molar-refractivity contribution < 1.29 is 13.2 Å². The molecule has 1 N–H and O–H groups in total. The van der Waals surface area contributed by atoms with Crippen LogP contribution in [-0.4, -0.2) is 19.4 Å². The summed E-state index contributed by atoms with van der Waals surface area (Å²) in [5.74, 6) is 0.337. The van der Waals surface area contributed by atoms with Crippen LogP contribution in [0.4, 0.5) is 24.7 Å². The second-order valence-corrected chi connectivity index (χ2v) is 4.95. The topological polar surface area (TPSA) is 55.1 Å². The third kappa shape index (κ3) is 2.68. The summed E-state index contributed by atoms with van der Waals surface area (Å²) in [5, 5.41) is 2.79. The maximum Gasteiger partial charge on any atom is 0.417 e. The Morgan fingerprint density at radius 3 is 2.71 bits per heavy atom. The van der Waals surface area contributed by atoms with Crippen molar-refractivity contribution in [3.05, 3.63) is 47.2 Å². The molecule has 0 saturated heterocycles. The fraction of sp³-hybridized carbons (Fsp3) is 0.0833. The van der Waals surface area contributed by atoms with E-state index in [1.165, 1.54) is 12.4 Å². The van der Waals surface area contributed by atoms with Crippen molar-refractivity contribution in [2.75, 3.05) is 5.32 Å². The van der Waals surface area contributed by atoms with Crippen LogP contribution in [0.25, 0.3) is 5.65 Å². The average Bonchev–Trinajstić information content (AvgIpc) is 2.81. The minimum absolute atomic E-state index is 0.185. The van der Waals surface area contributed by atoms with Crippen LogP contribution in [0, 0.1) is 0 Å². The molecule has 0 aliphatic rings. The number of aromatic nitrogens is 4. The summed E-state index contributed by atoms with van der Waals surface area (Å²) in [4.78, 5) is 11.8. The number of nitrogens with one attached hydrogen (secondary N) is 1. The molecule has 0 aromatic carbocycles. The largest absolute Gasteiger partial charge is 0.417 e. The molecule has 0 saturated carbocycles. The van der Waals surface area contributed by atoms with Gasteiger partial charge >= 0.3 is 6.18 Å². The van der Waals surface area contributed by atoms with E-state index in [9.17, 15) is 13.2 Å². The van der Waals surface area contributed by atoms with Gasteiger partial charge in [-0.15, -0.1) is 0 Å². The summed E-state index contributed by atoms with van der Waals surface area (Å²) < 4.78 is 40.4. The van der Waals surface area contributed by atoms with Crippen LogP contribution in [-0.2, 0) is 6.18 Å². The highest BCUT2D eigenvalue weighted by atomic mass is 79.9. The zero-order valence-electron chi connectivity index (χ0n) is 10.3. The Hall–Kier alpha value is -2.16. The lowest BCUT2D eigenvalue weighted by Gasteiger charge is -2.10. The fourth-order valence-corrected chi connectivity index (χ4v) is 2.17. The van der Waals surface area contributed by atoms with Crippen LogP contribution >= 0.6 is 15.9 Å². The SMILES string of the molecule is FC(F)(F)c1cncc(Nc2nccn3c(Br)cnc23)c1. The monoisotopic (exact) mass is 357 g/mol. The minimum Gasteiger partial charge on any atom is -0.336 e. The van der Waals surface area contributed by atoms with Gasteiger partial charge in [-0.3, -0.25) is 9.38 Å². The highest BCUT2D eigenvalue weighted by molar-refractivity contribution is 9.10. The molecule has 5 nitrogen and oxygen atoms in total. The average molecular weight is 358 g/mol. The van der Waals surface area contributed by atoms with Crippen molar-refractivity contribution in [3.8, 4) is 0 Å². The zero-order chi connectivity index (χ0) is 15.0. The first-order valence-electron chi connectivity index (χ1n) is 5.72. The van der Waals surface area contributed by atoms with Crippen LogP contribution in [0.1, 0.15) is 5.56 Å². The van der Waals surface area contributed by atoms with E-state index in [1.54, 1.807) is 16.8 Å². The van der Waals surface area contributed by atoms with E-state index < -0.39 is 11.7 Å². The van der Waals surface area contributed by atoms with Crippen molar-refractivity contribution >= 4 is 33.1 Å². The number of imidazole rings is 1. The maximum atomic E-state index is 12.7. The van der Waals surface area contributed by atoms with Crippen molar-refractivity contribution in [3.63, 3.8) is 0 Å². The van der Waals surface area contributed by atoms with Crippen LogP contribution in [0.3, 0.4) is 0 Å². The molecule has 0 spiro atoms. The van der Waals surface area contributed by atoms with Gasteiger partial charge in [0, 0.05) is 18.6 Å². The third-order valence-corrected chi connectivity index (χ3v) is 3.30. The Bertz CT molecular complexity index is 799. The molecule has 0 fully saturated rings. The molecule has 108 valence electrons. The number of hydrogen-bond donors (Lipinski definition) is 1. The maximum absolute atomic E-state index is 12.7. The van der Waals surface area contributed by atoms with E-state index in [0.29, 0.717) is 16.1 Å². The lowest BCUT2D eigenvalue weighted by Crippen LogP contribution is -2.06. The van der Waals surface area contributed by atoms with Crippen LogP contribution in [0.15, 0.2) is 41.7 Å². The van der Waals surface area contributed by atoms with Crippen LogP contribution < -0.4 is 5.32 Å². The predicted molar refractivity (Wildman–Crippen MR) is 73.2 cm³/mol. The summed E-state index contributed by atoms with van der Waals surface area (Å²) in [6, 6.07) is 0.968. The Morgan fingerprint density at radius 1 is 1.14 bits per heavy atom. The number of anilines is 2. The van der Waals surface area contributed by atoms with Gasteiger partial charge in [-0.2, -0.15) is 13.2 Å². The second-order valence-electron chi connectivity index (χ2n) is 4.14. The molecule has 3 aromatic rings. The fourth-order valence-electron chi connectivity index (χ4n) is 1.78. The number of fused-ring (bicyclic) bond motifs is 1. The Balaban J connectivity index is 1.99. The number of hydrogen-bond acceptors (Lipinski definition) is 4. The molecular weight excluding hydrogens is 351 g/mol. The summed E-state index contributed by atoms with van der Waals surface area (Å²) >= 11 is 3.31. The van der Waals surface area contributed by atoms with Gasteiger partial charge in [0.05, 0.1) is 23.6 Å². The number of alkyl halides is 3. The highest BCUT2D eigenvalue weighted by Crippen LogP contribution is 2.31. The summed E-state index contributed by atoms with van der Waals surface area (Å²) in [6.45, 7) is 0. The highest BCUT2D eigenvalue weighted by Gasteiger charge is 2.31. The molecule has 0 unspecified atom stereocenters. The molecule has 0 amide bonds. The summed E-state index contributed by atoms with van der Waals surface area (Å²) in [5.41, 5.74) is -0.157. The molecule has 0 bridgehead atoms. The van der Waals surface area contributed by atoms with E-state index in [-0.39, 0.29) is 5.69 Å². The van der Waals surface area contributed by atoms with Crippen molar-refractivity contribution in [1.29, 1.82) is 0 Å². The number of halogens is 4. The first-order valence-corrected chi connectivity index (χ1v) is 6.51. The van der Waals surface area contributed by atoms with E-state index in [4.69, 9.17) is 0 Å². The lowest BCUT2D eigenvalue weighted by atomic mass is 10.2. The van der Waals surface area contributed by atoms with Gasteiger partial charge in [0.2, 0.25) is 0 Å². The normalized spacial score (nSPS) is 11.8. The number of pyridine rings is 1. The molecule has 3 rings (SSSR count). The van der Waals surface area contributed by atoms with Gasteiger partial charge < -0.3 is 5.32 Å². The van der Waals surface area contributed by atoms with Gasteiger partial charge in [-0.25, -0.2) is 9.97 Å².